The summed E-state index contributed by atoms with van der Waals surface area (Å²) in [4.78, 5) is 18.6. The zero-order valence-corrected chi connectivity index (χ0v) is 19.1. The molecule has 1 N–H and O–H groups in total. The van der Waals surface area contributed by atoms with Gasteiger partial charge >= 0.3 is 6.09 Å². The highest BCUT2D eigenvalue weighted by molar-refractivity contribution is 6.31. The fourth-order valence-corrected chi connectivity index (χ4v) is 4.57. The second-order valence-electron chi connectivity index (χ2n) is 7.87. The van der Waals surface area contributed by atoms with Crippen LogP contribution in [0.15, 0.2) is 66.7 Å². The van der Waals surface area contributed by atoms with Crippen molar-refractivity contribution in [3.8, 4) is 17.2 Å². The van der Waals surface area contributed by atoms with Gasteiger partial charge in [-0.05, 0) is 66.1 Å². The minimum Gasteiger partial charge on any atom is -0.497 e. The minimum absolute atomic E-state index is 0.337. The smallest absolute Gasteiger partial charge is 0.416 e. The molecule has 0 aliphatic carbocycles. The lowest BCUT2D eigenvalue weighted by atomic mass is 9.92. The van der Waals surface area contributed by atoms with Crippen molar-refractivity contribution in [2.75, 3.05) is 20.8 Å². The zero-order valence-electron chi connectivity index (χ0n) is 18.3. The number of carbonyl (C=O) groups excluding carboxylic acids is 1. The number of nitrogens with one attached hydrogen (secondary N) is 1. The minimum atomic E-state index is -0.414. The quantitative estimate of drug-likeness (QED) is 0.405. The van der Waals surface area contributed by atoms with Crippen LogP contribution in [-0.2, 0) is 6.42 Å². The first-order valence-electron chi connectivity index (χ1n) is 10.6. The van der Waals surface area contributed by atoms with E-state index in [4.69, 9.17) is 25.8 Å². The molecule has 7 heteroatoms. The highest BCUT2D eigenvalue weighted by atomic mass is 35.5. The van der Waals surface area contributed by atoms with Gasteiger partial charge in [0.1, 0.15) is 23.3 Å². The van der Waals surface area contributed by atoms with Crippen molar-refractivity contribution in [2.45, 2.75) is 12.5 Å². The molecule has 6 nitrogen and oxygen atoms in total. The molecule has 33 heavy (non-hydrogen) atoms. The lowest BCUT2D eigenvalue weighted by molar-refractivity contribution is 0.135. The van der Waals surface area contributed by atoms with Gasteiger partial charge in [0, 0.05) is 28.2 Å². The van der Waals surface area contributed by atoms with Gasteiger partial charge in [0.25, 0.3) is 0 Å². The van der Waals surface area contributed by atoms with Crippen molar-refractivity contribution in [3.63, 3.8) is 0 Å². The predicted molar refractivity (Wildman–Crippen MR) is 128 cm³/mol. The van der Waals surface area contributed by atoms with Crippen molar-refractivity contribution in [1.82, 2.24) is 9.88 Å². The van der Waals surface area contributed by atoms with Gasteiger partial charge in [0.15, 0.2) is 0 Å². The molecule has 1 atom stereocenters. The normalized spacial score (nSPS) is 15.2. The van der Waals surface area contributed by atoms with E-state index in [0.717, 1.165) is 27.9 Å². The predicted octanol–water partition coefficient (Wildman–Crippen LogP) is 5.99. The molecule has 3 aromatic carbocycles. The highest BCUT2D eigenvalue weighted by Gasteiger charge is 2.35. The Balaban J connectivity index is 1.54. The summed E-state index contributed by atoms with van der Waals surface area (Å²) < 4.78 is 16.2. The number of halogens is 1. The molecule has 1 unspecified atom stereocenters. The van der Waals surface area contributed by atoms with E-state index in [1.165, 1.54) is 5.56 Å². The number of nitrogens with zero attached hydrogens (tertiary/aromatic N) is 1. The molecule has 1 aliphatic heterocycles. The van der Waals surface area contributed by atoms with Gasteiger partial charge in [-0.15, -0.1) is 0 Å². The second-order valence-corrected chi connectivity index (χ2v) is 8.31. The summed E-state index contributed by atoms with van der Waals surface area (Å²) in [6, 6.07) is 20.2. The van der Waals surface area contributed by atoms with Gasteiger partial charge in [-0.1, -0.05) is 29.8 Å². The number of fused-ring (bicyclic) bond motifs is 3. The van der Waals surface area contributed by atoms with E-state index in [1.807, 2.05) is 42.5 Å². The molecule has 2 heterocycles. The molecule has 0 radical (unpaired) electrons. The zero-order chi connectivity index (χ0) is 22.9. The number of H-pyrrole nitrogens is 1. The van der Waals surface area contributed by atoms with Gasteiger partial charge in [0.2, 0.25) is 0 Å². The second kappa shape index (κ2) is 8.71. The fraction of sp³-hybridized carbons (Fsp3) is 0.192. The average molecular weight is 463 g/mol. The molecule has 0 saturated carbocycles. The van der Waals surface area contributed by atoms with Crippen LogP contribution in [-0.4, -0.2) is 36.7 Å². The number of aromatic nitrogens is 1. The Kier molecular flexibility index (Phi) is 5.60. The monoisotopic (exact) mass is 462 g/mol. The first-order valence-corrected chi connectivity index (χ1v) is 11.0. The molecule has 1 aliphatic rings. The Labute approximate surface area is 196 Å². The largest absolute Gasteiger partial charge is 0.497 e. The maximum Gasteiger partial charge on any atom is 0.416 e. The molecule has 0 saturated heterocycles. The molecular formula is C26H23ClN2O4. The Morgan fingerprint density at radius 1 is 0.939 bits per heavy atom. The molecule has 0 bridgehead atoms. The number of ether oxygens (including phenoxy) is 3. The van der Waals surface area contributed by atoms with Gasteiger partial charge in [-0.3, -0.25) is 4.90 Å². The number of carbonyl (C=O) groups is 1. The van der Waals surface area contributed by atoms with Gasteiger partial charge < -0.3 is 19.2 Å². The third-order valence-electron chi connectivity index (χ3n) is 6.02. The van der Waals surface area contributed by atoms with E-state index in [9.17, 15) is 4.79 Å². The fourth-order valence-electron chi connectivity index (χ4n) is 4.40. The van der Waals surface area contributed by atoms with E-state index < -0.39 is 6.09 Å². The topological polar surface area (TPSA) is 63.8 Å². The van der Waals surface area contributed by atoms with E-state index in [1.54, 1.807) is 43.4 Å². The summed E-state index contributed by atoms with van der Waals surface area (Å²) in [7, 11) is 3.23. The molecule has 4 aromatic rings. The maximum atomic E-state index is 13.3. The van der Waals surface area contributed by atoms with Gasteiger partial charge in [0.05, 0.1) is 14.2 Å². The molecular weight excluding hydrogens is 440 g/mol. The molecule has 168 valence electrons. The number of rotatable bonds is 4. The molecule has 5 rings (SSSR count). The Morgan fingerprint density at radius 2 is 1.58 bits per heavy atom. The van der Waals surface area contributed by atoms with Crippen molar-refractivity contribution in [1.29, 1.82) is 0 Å². The summed E-state index contributed by atoms with van der Waals surface area (Å²) in [5.41, 5.74) is 4.07. The summed E-state index contributed by atoms with van der Waals surface area (Å²) in [5, 5.41) is 1.79. The van der Waals surface area contributed by atoms with Crippen LogP contribution in [0.3, 0.4) is 0 Å². The van der Waals surface area contributed by atoms with Crippen LogP contribution < -0.4 is 14.2 Å². The van der Waals surface area contributed by atoms with Crippen molar-refractivity contribution < 1.29 is 19.0 Å². The maximum absolute atomic E-state index is 13.3. The standard InChI is InChI=1S/C26H23ClN2O4/c1-31-18-6-3-16(4-7-18)25-24-22(21-12-5-17(27)15-23(21)28-24)13-14-29(25)26(30)33-20-10-8-19(32-2)9-11-20/h3-12,15,25,28H,13-14H2,1-2H3. The van der Waals surface area contributed by atoms with Crippen molar-refractivity contribution in [2.24, 2.45) is 0 Å². The summed E-state index contributed by atoms with van der Waals surface area (Å²) in [6.45, 7) is 0.522. The number of hydrogen-bond donors (Lipinski definition) is 1. The molecule has 0 fully saturated rings. The first kappa shape index (κ1) is 21.2. The highest BCUT2D eigenvalue weighted by Crippen LogP contribution is 2.39. The number of hydrogen-bond acceptors (Lipinski definition) is 4. The van der Waals surface area contributed by atoms with Gasteiger partial charge in [-0.2, -0.15) is 0 Å². The number of benzene rings is 3. The van der Waals surface area contributed by atoms with Crippen LogP contribution in [0.5, 0.6) is 17.2 Å². The first-order chi connectivity index (χ1) is 16.1. The summed E-state index contributed by atoms with van der Waals surface area (Å²) in [5.74, 6) is 1.92. The van der Waals surface area contributed by atoms with E-state index in [2.05, 4.69) is 4.98 Å². The Hall–Kier alpha value is -3.64. The van der Waals surface area contributed by atoms with Crippen LogP contribution >= 0.6 is 11.6 Å². The molecule has 1 amide bonds. The Morgan fingerprint density at radius 3 is 2.24 bits per heavy atom. The third-order valence-corrected chi connectivity index (χ3v) is 6.25. The van der Waals surface area contributed by atoms with E-state index in [0.29, 0.717) is 29.5 Å². The molecule has 1 aromatic heterocycles. The number of amides is 1. The van der Waals surface area contributed by atoms with Crippen LogP contribution in [0.4, 0.5) is 4.79 Å². The lowest BCUT2D eigenvalue weighted by Crippen LogP contribution is -2.42. The third kappa shape index (κ3) is 3.98. The average Bonchev–Trinajstić information content (AvgIpc) is 3.21. The lowest BCUT2D eigenvalue weighted by Gasteiger charge is -2.35. The van der Waals surface area contributed by atoms with Crippen LogP contribution in [0.2, 0.25) is 5.02 Å². The summed E-state index contributed by atoms with van der Waals surface area (Å²) in [6.07, 6.45) is 0.296. The molecule has 0 spiro atoms. The van der Waals surface area contributed by atoms with Crippen LogP contribution in [0.25, 0.3) is 10.9 Å². The summed E-state index contributed by atoms with van der Waals surface area (Å²) >= 11 is 6.23. The van der Waals surface area contributed by atoms with Crippen LogP contribution in [0.1, 0.15) is 22.9 Å². The van der Waals surface area contributed by atoms with Gasteiger partial charge in [-0.25, -0.2) is 4.79 Å². The number of methoxy groups -OCH3 is 2. The Bertz CT molecular complexity index is 1300. The van der Waals surface area contributed by atoms with E-state index in [-0.39, 0.29) is 6.04 Å². The van der Waals surface area contributed by atoms with Crippen molar-refractivity contribution in [3.05, 3.63) is 88.6 Å². The van der Waals surface area contributed by atoms with E-state index >= 15 is 0 Å². The number of aromatic amines is 1. The van der Waals surface area contributed by atoms with Crippen LogP contribution in [0, 0.1) is 0 Å². The SMILES string of the molecule is COc1ccc(OC(=O)N2CCc3c([nH]c4cc(Cl)ccc34)C2c2ccc(OC)cc2)cc1. The van der Waals surface area contributed by atoms with Crippen molar-refractivity contribution >= 4 is 28.6 Å².